The number of nitrogens with one attached hydrogen (secondary N) is 1. The first-order chi connectivity index (χ1) is 14.5. The van der Waals surface area contributed by atoms with Gasteiger partial charge in [0.1, 0.15) is 5.82 Å². The van der Waals surface area contributed by atoms with Crippen molar-refractivity contribution in [3.8, 4) is 0 Å². The van der Waals surface area contributed by atoms with Gasteiger partial charge in [0.05, 0.1) is 12.0 Å². The van der Waals surface area contributed by atoms with Crippen LogP contribution in [0, 0.1) is 19.8 Å². The number of aromatic nitrogens is 2. The van der Waals surface area contributed by atoms with E-state index in [9.17, 15) is 9.59 Å². The molecule has 1 saturated heterocycles. The number of rotatable bonds is 7. The number of carbonyl (C=O) groups excluding carboxylic acids is 2. The van der Waals surface area contributed by atoms with Gasteiger partial charge in [0.25, 0.3) is 0 Å². The van der Waals surface area contributed by atoms with Gasteiger partial charge < -0.3 is 14.8 Å². The van der Waals surface area contributed by atoms with E-state index in [1.807, 2.05) is 61.8 Å². The van der Waals surface area contributed by atoms with Gasteiger partial charge in [-0.3, -0.25) is 9.59 Å². The molecule has 0 bridgehead atoms. The van der Waals surface area contributed by atoms with Gasteiger partial charge in [0.15, 0.2) is 0 Å². The highest BCUT2D eigenvalue weighted by atomic mass is 32.1. The molecule has 156 valence electrons. The van der Waals surface area contributed by atoms with Crippen molar-refractivity contribution < 1.29 is 9.59 Å². The van der Waals surface area contributed by atoms with E-state index in [-0.39, 0.29) is 24.3 Å². The smallest absolute Gasteiger partial charge is 0.228 e. The molecule has 6 nitrogen and oxygen atoms in total. The summed E-state index contributed by atoms with van der Waals surface area (Å²) < 4.78 is 2.07. The third-order valence-corrected chi connectivity index (χ3v) is 6.55. The maximum Gasteiger partial charge on any atom is 0.228 e. The summed E-state index contributed by atoms with van der Waals surface area (Å²) in [5, 5.41) is 5.05. The van der Waals surface area contributed by atoms with Crippen LogP contribution in [0.1, 0.15) is 35.1 Å². The van der Waals surface area contributed by atoms with Crippen molar-refractivity contribution in [3.63, 3.8) is 0 Å². The van der Waals surface area contributed by atoms with E-state index < -0.39 is 5.92 Å². The van der Waals surface area contributed by atoms with Crippen molar-refractivity contribution in [2.75, 3.05) is 11.4 Å². The molecule has 1 aromatic carbocycles. The van der Waals surface area contributed by atoms with Crippen LogP contribution >= 0.6 is 11.3 Å². The lowest BCUT2D eigenvalue weighted by Crippen LogP contribution is -2.36. The lowest BCUT2D eigenvalue weighted by atomic mass is 9.97. The second kappa shape index (κ2) is 8.83. The fourth-order valence-electron chi connectivity index (χ4n) is 4.00. The van der Waals surface area contributed by atoms with Gasteiger partial charge in [-0.1, -0.05) is 23.8 Å². The molecule has 1 aliphatic rings. The van der Waals surface area contributed by atoms with Crippen molar-refractivity contribution in [2.45, 2.75) is 39.3 Å². The van der Waals surface area contributed by atoms with Crippen LogP contribution in [0.3, 0.4) is 0 Å². The predicted octanol–water partition coefficient (Wildman–Crippen LogP) is 3.86. The molecule has 2 amide bonds. The molecule has 0 radical (unpaired) electrons. The zero-order valence-electron chi connectivity index (χ0n) is 17.2. The van der Waals surface area contributed by atoms with Gasteiger partial charge in [-0.05, 0) is 43.8 Å². The average Bonchev–Trinajstić information content (AvgIpc) is 3.46. The minimum Gasteiger partial charge on any atom is -0.356 e. The summed E-state index contributed by atoms with van der Waals surface area (Å²) in [6.07, 6.45) is 4.76. The van der Waals surface area contributed by atoms with Crippen molar-refractivity contribution in [1.29, 1.82) is 0 Å². The van der Waals surface area contributed by atoms with Crippen molar-refractivity contribution in [3.05, 3.63) is 70.4 Å². The van der Waals surface area contributed by atoms with Crippen LogP contribution in [0.15, 0.2) is 54.2 Å². The molecule has 0 saturated carbocycles. The zero-order chi connectivity index (χ0) is 21.1. The third kappa shape index (κ3) is 4.16. The summed E-state index contributed by atoms with van der Waals surface area (Å²) in [6.45, 7) is 5.37. The molecule has 1 aliphatic heterocycles. The van der Waals surface area contributed by atoms with Crippen LogP contribution < -0.4 is 10.2 Å². The zero-order valence-corrected chi connectivity index (χ0v) is 18.1. The standard InChI is InChI=1S/C23H26N4O2S/c1-16-6-8-18(9-7-16)27-21(28)15-19(22(27)20-5-3-14-30-20)23(29)25-10-4-12-26-13-11-24-17(26)2/h3,5-9,11,13-14,19,22H,4,10,12,15H2,1-2H3,(H,25,29). The molecule has 0 aliphatic carbocycles. The number of nitrogens with zero attached hydrogens (tertiary/aromatic N) is 3. The summed E-state index contributed by atoms with van der Waals surface area (Å²) in [7, 11) is 0. The number of hydrogen-bond acceptors (Lipinski definition) is 4. The number of aryl methyl sites for hydroxylation is 3. The Morgan fingerprint density at radius 2 is 2.03 bits per heavy atom. The molecule has 4 rings (SSSR count). The minimum atomic E-state index is -0.396. The van der Waals surface area contributed by atoms with Crippen molar-refractivity contribution in [2.24, 2.45) is 5.92 Å². The highest BCUT2D eigenvalue weighted by Crippen LogP contribution is 2.43. The SMILES string of the molecule is Cc1ccc(N2C(=O)CC(C(=O)NCCCn3ccnc3C)C2c2cccs2)cc1. The molecular weight excluding hydrogens is 396 g/mol. The molecule has 3 heterocycles. The van der Waals surface area contributed by atoms with E-state index in [0.29, 0.717) is 6.54 Å². The molecule has 2 unspecified atom stereocenters. The normalized spacial score (nSPS) is 18.7. The van der Waals surface area contributed by atoms with Crippen LogP contribution in [-0.4, -0.2) is 27.9 Å². The van der Waals surface area contributed by atoms with Crippen molar-refractivity contribution in [1.82, 2.24) is 14.9 Å². The Morgan fingerprint density at radius 1 is 1.23 bits per heavy atom. The van der Waals surface area contributed by atoms with Gasteiger partial charge in [0, 0.05) is 42.5 Å². The summed E-state index contributed by atoms with van der Waals surface area (Å²) >= 11 is 1.59. The summed E-state index contributed by atoms with van der Waals surface area (Å²) in [5.41, 5.74) is 1.98. The number of carbonyl (C=O) groups is 2. The van der Waals surface area contributed by atoms with Crippen LogP contribution in [-0.2, 0) is 16.1 Å². The Kier molecular flexibility index (Phi) is 5.99. The number of thiophene rings is 1. The van der Waals surface area contributed by atoms with Gasteiger partial charge >= 0.3 is 0 Å². The first-order valence-corrected chi connectivity index (χ1v) is 11.1. The molecule has 7 heteroatoms. The van der Waals surface area contributed by atoms with E-state index >= 15 is 0 Å². The Balaban J connectivity index is 1.47. The molecule has 0 spiro atoms. The number of imidazole rings is 1. The van der Waals surface area contributed by atoms with E-state index in [0.717, 1.165) is 34.9 Å². The monoisotopic (exact) mass is 422 g/mol. The van der Waals surface area contributed by atoms with Gasteiger partial charge in [-0.2, -0.15) is 0 Å². The van der Waals surface area contributed by atoms with Crippen LogP contribution in [0.2, 0.25) is 0 Å². The highest BCUT2D eigenvalue weighted by Gasteiger charge is 2.45. The third-order valence-electron chi connectivity index (χ3n) is 5.60. The fourth-order valence-corrected chi connectivity index (χ4v) is 4.88. The topological polar surface area (TPSA) is 67.2 Å². The lowest BCUT2D eigenvalue weighted by Gasteiger charge is -2.27. The largest absolute Gasteiger partial charge is 0.356 e. The number of amides is 2. The Hall–Kier alpha value is -2.93. The molecule has 2 aromatic heterocycles. The average molecular weight is 423 g/mol. The Labute approximate surface area is 180 Å². The molecule has 1 N–H and O–H groups in total. The van der Waals surface area contributed by atoms with E-state index in [2.05, 4.69) is 14.9 Å². The molecule has 30 heavy (non-hydrogen) atoms. The Bertz CT molecular complexity index is 1010. The predicted molar refractivity (Wildman–Crippen MR) is 118 cm³/mol. The van der Waals surface area contributed by atoms with Gasteiger partial charge in [-0.15, -0.1) is 11.3 Å². The van der Waals surface area contributed by atoms with E-state index in [1.165, 1.54) is 0 Å². The highest BCUT2D eigenvalue weighted by molar-refractivity contribution is 7.10. The van der Waals surface area contributed by atoms with Gasteiger partial charge in [0.2, 0.25) is 11.8 Å². The van der Waals surface area contributed by atoms with Crippen LogP contribution in [0.5, 0.6) is 0 Å². The second-order valence-electron chi connectivity index (χ2n) is 7.68. The number of anilines is 1. The lowest BCUT2D eigenvalue weighted by molar-refractivity contribution is -0.126. The van der Waals surface area contributed by atoms with Crippen LogP contribution in [0.4, 0.5) is 5.69 Å². The molecular formula is C23H26N4O2S. The summed E-state index contributed by atoms with van der Waals surface area (Å²) in [6, 6.07) is 11.6. The maximum atomic E-state index is 13.1. The summed E-state index contributed by atoms with van der Waals surface area (Å²) in [4.78, 5) is 33.0. The maximum absolute atomic E-state index is 13.1. The quantitative estimate of drug-likeness (QED) is 0.588. The van der Waals surface area contributed by atoms with E-state index in [4.69, 9.17) is 0 Å². The van der Waals surface area contributed by atoms with Crippen LogP contribution in [0.25, 0.3) is 0 Å². The van der Waals surface area contributed by atoms with E-state index in [1.54, 1.807) is 22.4 Å². The fraction of sp³-hybridized carbons (Fsp3) is 0.348. The van der Waals surface area contributed by atoms with Gasteiger partial charge in [-0.25, -0.2) is 4.98 Å². The number of hydrogen-bond donors (Lipinski definition) is 1. The van der Waals surface area contributed by atoms with Crippen molar-refractivity contribution >= 4 is 28.8 Å². The minimum absolute atomic E-state index is 0.00792. The molecule has 3 aromatic rings. The molecule has 2 atom stereocenters. The summed E-state index contributed by atoms with van der Waals surface area (Å²) in [5.74, 6) is 0.506. The Morgan fingerprint density at radius 3 is 2.70 bits per heavy atom. The first kappa shape index (κ1) is 20.3. The number of benzene rings is 1. The second-order valence-corrected chi connectivity index (χ2v) is 8.66. The first-order valence-electron chi connectivity index (χ1n) is 10.2. The molecule has 1 fully saturated rings.